The molecule has 1 atom stereocenters. The van der Waals surface area contributed by atoms with Crippen LogP contribution in [0.4, 0.5) is 0 Å². The van der Waals surface area contributed by atoms with Gasteiger partial charge in [-0.15, -0.1) is 0 Å². The van der Waals surface area contributed by atoms with Crippen LogP contribution in [0.3, 0.4) is 0 Å². The first kappa shape index (κ1) is 9.53. The van der Waals surface area contributed by atoms with Gasteiger partial charge in [0.1, 0.15) is 0 Å². The van der Waals surface area contributed by atoms with Gasteiger partial charge in [0.05, 0.1) is 6.61 Å². The summed E-state index contributed by atoms with van der Waals surface area (Å²) < 4.78 is 5.30. The van der Waals surface area contributed by atoms with Crippen LogP contribution in [0.5, 0.6) is 0 Å². The molecule has 0 aliphatic carbocycles. The third kappa shape index (κ3) is 6.41. The highest BCUT2D eigenvalue weighted by Crippen LogP contribution is 1.95. The van der Waals surface area contributed by atoms with E-state index in [1.165, 1.54) is 0 Å². The first-order valence-electron chi connectivity index (χ1n) is 3.18. The van der Waals surface area contributed by atoms with Crippen LogP contribution in [0, 0.1) is 5.92 Å². The Balaban J connectivity index is 3.17. The molecular formula is C6H14OS2. The van der Waals surface area contributed by atoms with Gasteiger partial charge >= 0.3 is 0 Å². The largest absolute Gasteiger partial charge is 0.312 e. The van der Waals surface area contributed by atoms with Crippen molar-refractivity contribution in [3.05, 3.63) is 0 Å². The second-order valence-electron chi connectivity index (χ2n) is 2.27. The fourth-order valence-electron chi connectivity index (χ4n) is 0.295. The minimum atomic E-state index is -0.214. The molecule has 56 valence electrons. The number of hydrogen-bond acceptors (Lipinski definition) is 2. The summed E-state index contributed by atoms with van der Waals surface area (Å²) in [5, 5.41) is 0. The quantitative estimate of drug-likeness (QED) is 0.628. The third-order valence-electron chi connectivity index (χ3n) is 0.769. The molecular weight excluding hydrogens is 152 g/mol. The molecule has 1 unspecified atom stereocenters. The molecule has 0 amide bonds. The van der Waals surface area contributed by atoms with Crippen molar-refractivity contribution < 1.29 is 4.18 Å². The second kappa shape index (κ2) is 5.33. The lowest BCUT2D eigenvalue weighted by molar-refractivity contribution is 0.312. The summed E-state index contributed by atoms with van der Waals surface area (Å²) in [7, 11) is -0.214. The van der Waals surface area contributed by atoms with Crippen molar-refractivity contribution in [1.82, 2.24) is 0 Å². The van der Waals surface area contributed by atoms with Gasteiger partial charge in [-0.3, -0.25) is 0 Å². The van der Waals surface area contributed by atoms with E-state index in [1.807, 2.05) is 0 Å². The molecule has 9 heavy (non-hydrogen) atoms. The van der Waals surface area contributed by atoms with Crippen molar-refractivity contribution in [1.29, 1.82) is 0 Å². The summed E-state index contributed by atoms with van der Waals surface area (Å²) in [4.78, 5) is 0. The predicted molar refractivity (Wildman–Crippen MR) is 46.1 cm³/mol. The predicted octanol–water partition coefficient (Wildman–Crippen LogP) is 1.67. The molecule has 0 saturated carbocycles. The Bertz CT molecular complexity index is 91.1. The van der Waals surface area contributed by atoms with Gasteiger partial charge in [-0.05, 0) is 17.1 Å². The van der Waals surface area contributed by atoms with Crippen LogP contribution < -0.4 is 0 Å². The van der Waals surface area contributed by atoms with Crippen molar-refractivity contribution in [2.75, 3.05) is 12.4 Å². The molecule has 0 bridgehead atoms. The number of hydrogen-bond donors (Lipinski definition) is 0. The molecule has 0 radical (unpaired) electrons. The van der Waals surface area contributed by atoms with Crippen molar-refractivity contribution in [2.24, 2.45) is 5.92 Å². The molecule has 0 N–H and O–H groups in total. The van der Waals surface area contributed by atoms with E-state index in [4.69, 9.17) is 15.4 Å². The van der Waals surface area contributed by atoms with Gasteiger partial charge in [0.15, 0.2) is 0 Å². The molecule has 3 heteroatoms. The van der Waals surface area contributed by atoms with E-state index in [0.717, 1.165) is 12.4 Å². The minimum absolute atomic E-state index is 0.214. The fraction of sp³-hybridized carbons (Fsp3) is 1.00. The van der Waals surface area contributed by atoms with Crippen LogP contribution in [-0.4, -0.2) is 12.4 Å². The molecule has 0 aromatic heterocycles. The monoisotopic (exact) mass is 166 g/mol. The second-order valence-corrected chi connectivity index (χ2v) is 4.81. The highest BCUT2D eigenvalue weighted by atomic mass is 32.8. The molecule has 0 spiro atoms. The lowest BCUT2D eigenvalue weighted by atomic mass is 10.2. The molecule has 0 aromatic carbocycles. The summed E-state index contributed by atoms with van der Waals surface area (Å²) in [6.45, 7) is 7.11. The Morgan fingerprint density at radius 3 is 2.44 bits per heavy atom. The summed E-state index contributed by atoms with van der Waals surface area (Å²) in [6.07, 6.45) is 0. The Morgan fingerprint density at radius 2 is 2.11 bits per heavy atom. The zero-order valence-electron chi connectivity index (χ0n) is 6.22. The molecule has 0 saturated heterocycles. The molecule has 0 aliphatic rings. The summed E-state index contributed by atoms with van der Waals surface area (Å²) >= 11 is 4.96. The topological polar surface area (TPSA) is 9.23 Å². The standard InChI is InChI=1S/C6H14OS2/c1-4-9(8)7-5-6(2)3/h6H,4-5H2,1-3H3. The van der Waals surface area contributed by atoms with Gasteiger partial charge < -0.3 is 4.18 Å². The zero-order valence-corrected chi connectivity index (χ0v) is 7.85. The average molecular weight is 166 g/mol. The summed E-state index contributed by atoms with van der Waals surface area (Å²) in [6, 6.07) is 0. The maximum Gasteiger partial charge on any atom is 0.0639 e. The van der Waals surface area contributed by atoms with Crippen LogP contribution in [0.15, 0.2) is 0 Å². The first-order chi connectivity index (χ1) is 4.16. The van der Waals surface area contributed by atoms with Gasteiger partial charge in [-0.25, -0.2) is 0 Å². The lowest BCUT2D eigenvalue weighted by Gasteiger charge is -2.05. The Hall–Kier alpha value is 0.530. The van der Waals surface area contributed by atoms with Gasteiger partial charge in [-0.1, -0.05) is 20.8 Å². The third-order valence-corrected chi connectivity index (χ3v) is 2.63. The molecule has 0 rings (SSSR count). The van der Waals surface area contributed by atoms with E-state index in [9.17, 15) is 0 Å². The SMILES string of the molecule is CCS(=S)OCC(C)C. The van der Waals surface area contributed by atoms with Gasteiger partial charge in [0.25, 0.3) is 0 Å². The van der Waals surface area contributed by atoms with Crippen LogP contribution in [-0.2, 0) is 25.1 Å². The first-order valence-corrected chi connectivity index (χ1v) is 5.42. The van der Waals surface area contributed by atoms with Crippen molar-refractivity contribution >= 4 is 20.9 Å². The van der Waals surface area contributed by atoms with E-state index >= 15 is 0 Å². The van der Waals surface area contributed by atoms with Crippen LogP contribution >= 0.6 is 0 Å². The van der Waals surface area contributed by atoms with Crippen molar-refractivity contribution in [3.8, 4) is 0 Å². The fourth-order valence-corrected chi connectivity index (χ4v) is 1.05. The minimum Gasteiger partial charge on any atom is -0.312 e. The Morgan fingerprint density at radius 1 is 1.56 bits per heavy atom. The molecule has 0 fully saturated rings. The van der Waals surface area contributed by atoms with Crippen LogP contribution in [0.25, 0.3) is 0 Å². The Kier molecular flexibility index (Phi) is 5.64. The zero-order chi connectivity index (χ0) is 7.28. The molecule has 0 aromatic rings. The van der Waals surface area contributed by atoms with Crippen LogP contribution in [0.2, 0.25) is 0 Å². The summed E-state index contributed by atoms with van der Waals surface area (Å²) in [5.41, 5.74) is 0. The van der Waals surface area contributed by atoms with Gasteiger partial charge in [-0.2, -0.15) is 0 Å². The van der Waals surface area contributed by atoms with E-state index in [-0.39, 0.29) is 9.74 Å². The molecule has 0 aliphatic heterocycles. The highest BCUT2D eigenvalue weighted by Gasteiger charge is 1.94. The normalized spacial score (nSPS) is 14.2. The maximum absolute atomic E-state index is 5.30. The van der Waals surface area contributed by atoms with E-state index in [1.54, 1.807) is 0 Å². The van der Waals surface area contributed by atoms with Crippen molar-refractivity contribution in [3.63, 3.8) is 0 Å². The summed E-state index contributed by atoms with van der Waals surface area (Å²) in [5.74, 6) is 1.57. The lowest BCUT2D eigenvalue weighted by Crippen LogP contribution is -2.04. The number of rotatable bonds is 4. The van der Waals surface area contributed by atoms with E-state index in [0.29, 0.717) is 5.92 Å². The Labute approximate surface area is 64.6 Å². The van der Waals surface area contributed by atoms with E-state index in [2.05, 4.69) is 20.8 Å². The smallest absolute Gasteiger partial charge is 0.0639 e. The molecule has 0 heterocycles. The van der Waals surface area contributed by atoms with E-state index < -0.39 is 0 Å². The van der Waals surface area contributed by atoms with Gasteiger partial charge in [0.2, 0.25) is 0 Å². The van der Waals surface area contributed by atoms with Gasteiger partial charge in [0, 0.05) is 15.5 Å². The molecule has 1 nitrogen and oxygen atoms in total. The average Bonchev–Trinajstić information content (AvgIpc) is 1.83. The highest BCUT2D eigenvalue weighted by molar-refractivity contribution is 8.26. The maximum atomic E-state index is 5.30. The van der Waals surface area contributed by atoms with Crippen molar-refractivity contribution in [2.45, 2.75) is 20.8 Å². The van der Waals surface area contributed by atoms with Crippen LogP contribution in [0.1, 0.15) is 20.8 Å².